The van der Waals surface area contributed by atoms with E-state index in [1.807, 2.05) is 32.5 Å². The standard InChI is InChI=1S/C20H26N4O3/c1-5-27-20(26)17-9-16(17)11-24(19(25)15-7-6-8-21-10-15)12-18-13(2)22-23(4)14(18)3/h6-8,10,16-17H,5,9,11-12H2,1-4H3/t16-,17-/m1/s1. The topological polar surface area (TPSA) is 77.3 Å². The van der Waals surface area contributed by atoms with E-state index in [2.05, 4.69) is 10.1 Å². The van der Waals surface area contributed by atoms with Crippen LogP contribution in [-0.2, 0) is 23.1 Å². The molecule has 0 spiro atoms. The van der Waals surface area contributed by atoms with E-state index in [-0.39, 0.29) is 23.7 Å². The maximum atomic E-state index is 13.1. The Morgan fingerprint density at radius 2 is 2.15 bits per heavy atom. The molecular weight excluding hydrogens is 344 g/mol. The van der Waals surface area contributed by atoms with E-state index in [9.17, 15) is 9.59 Å². The summed E-state index contributed by atoms with van der Waals surface area (Å²) in [5, 5.41) is 4.45. The smallest absolute Gasteiger partial charge is 0.309 e. The van der Waals surface area contributed by atoms with Crippen molar-refractivity contribution in [1.29, 1.82) is 0 Å². The lowest BCUT2D eigenvalue weighted by Gasteiger charge is -2.23. The summed E-state index contributed by atoms with van der Waals surface area (Å²) in [6.07, 6.45) is 3.99. The fraction of sp³-hybridized carbons (Fsp3) is 0.500. The second kappa shape index (κ2) is 7.90. The normalized spacial score (nSPS) is 18.2. The van der Waals surface area contributed by atoms with Gasteiger partial charge < -0.3 is 9.64 Å². The van der Waals surface area contributed by atoms with Crippen molar-refractivity contribution in [3.05, 3.63) is 47.0 Å². The van der Waals surface area contributed by atoms with E-state index in [0.717, 1.165) is 23.4 Å². The molecular formula is C20H26N4O3. The number of carbonyl (C=O) groups is 2. The summed E-state index contributed by atoms with van der Waals surface area (Å²) in [6.45, 7) is 7.13. The first-order chi connectivity index (χ1) is 12.9. The van der Waals surface area contributed by atoms with Crippen molar-refractivity contribution in [3.63, 3.8) is 0 Å². The summed E-state index contributed by atoms with van der Waals surface area (Å²) in [7, 11) is 1.90. The number of aryl methyl sites for hydroxylation is 2. The van der Waals surface area contributed by atoms with E-state index in [1.165, 1.54) is 0 Å². The van der Waals surface area contributed by atoms with Crippen molar-refractivity contribution in [2.24, 2.45) is 18.9 Å². The number of carbonyl (C=O) groups excluding carboxylic acids is 2. The van der Waals surface area contributed by atoms with Crippen LogP contribution >= 0.6 is 0 Å². The molecule has 0 N–H and O–H groups in total. The molecule has 144 valence electrons. The first kappa shape index (κ1) is 19.1. The van der Waals surface area contributed by atoms with Crippen LogP contribution in [0.3, 0.4) is 0 Å². The number of esters is 1. The van der Waals surface area contributed by atoms with Crippen LogP contribution in [0.1, 0.15) is 40.7 Å². The van der Waals surface area contributed by atoms with Gasteiger partial charge in [-0.05, 0) is 45.2 Å². The minimum absolute atomic E-state index is 0.0831. The van der Waals surface area contributed by atoms with Crippen LogP contribution in [0, 0.1) is 25.7 Å². The number of hydrogen-bond donors (Lipinski definition) is 0. The van der Waals surface area contributed by atoms with Crippen LogP contribution < -0.4 is 0 Å². The lowest BCUT2D eigenvalue weighted by atomic mass is 10.1. The van der Waals surface area contributed by atoms with Crippen molar-refractivity contribution < 1.29 is 14.3 Å². The molecule has 0 aromatic carbocycles. The Labute approximate surface area is 159 Å². The Hall–Kier alpha value is -2.70. The molecule has 0 bridgehead atoms. The second-order valence-corrected chi connectivity index (χ2v) is 7.05. The highest BCUT2D eigenvalue weighted by Crippen LogP contribution is 2.40. The number of aromatic nitrogens is 3. The van der Waals surface area contributed by atoms with Gasteiger partial charge in [-0.3, -0.25) is 19.3 Å². The molecule has 2 atom stereocenters. The molecule has 2 aromatic heterocycles. The molecule has 0 aliphatic heterocycles. The Kier molecular flexibility index (Phi) is 5.58. The summed E-state index contributed by atoms with van der Waals surface area (Å²) in [4.78, 5) is 30.9. The predicted molar refractivity (Wildman–Crippen MR) is 99.9 cm³/mol. The van der Waals surface area contributed by atoms with Crippen molar-refractivity contribution >= 4 is 11.9 Å². The molecule has 1 aliphatic rings. The van der Waals surface area contributed by atoms with Crippen molar-refractivity contribution in [2.75, 3.05) is 13.2 Å². The molecule has 1 aliphatic carbocycles. The van der Waals surface area contributed by atoms with Gasteiger partial charge in [0.25, 0.3) is 5.91 Å². The van der Waals surface area contributed by atoms with Gasteiger partial charge in [0.2, 0.25) is 0 Å². The third kappa shape index (κ3) is 4.18. The molecule has 27 heavy (non-hydrogen) atoms. The fourth-order valence-corrected chi connectivity index (χ4v) is 3.40. The van der Waals surface area contributed by atoms with E-state index in [0.29, 0.717) is 25.3 Å². The van der Waals surface area contributed by atoms with Crippen molar-refractivity contribution in [3.8, 4) is 0 Å². The maximum absolute atomic E-state index is 13.1. The molecule has 2 heterocycles. The molecule has 2 aromatic rings. The monoisotopic (exact) mass is 370 g/mol. The van der Waals surface area contributed by atoms with Gasteiger partial charge in [-0.25, -0.2) is 0 Å². The highest BCUT2D eigenvalue weighted by molar-refractivity contribution is 5.94. The molecule has 1 amide bonds. The van der Waals surface area contributed by atoms with Gasteiger partial charge >= 0.3 is 5.97 Å². The zero-order valence-electron chi connectivity index (χ0n) is 16.3. The lowest BCUT2D eigenvalue weighted by Crippen LogP contribution is -2.33. The van der Waals surface area contributed by atoms with Crippen LogP contribution in [0.15, 0.2) is 24.5 Å². The molecule has 1 fully saturated rings. The first-order valence-corrected chi connectivity index (χ1v) is 9.27. The summed E-state index contributed by atoms with van der Waals surface area (Å²) >= 11 is 0. The predicted octanol–water partition coefficient (Wildman–Crippen LogP) is 2.27. The fourth-order valence-electron chi connectivity index (χ4n) is 3.40. The highest BCUT2D eigenvalue weighted by Gasteiger charge is 2.45. The van der Waals surface area contributed by atoms with Gasteiger partial charge in [0.05, 0.1) is 23.8 Å². The van der Waals surface area contributed by atoms with Crippen LogP contribution in [0.4, 0.5) is 0 Å². The van der Waals surface area contributed by atoms with Crippen LogP contribution in [-0.4, -0.2) is 44.7 Å². The number of nitrogens with zero attached hydrogens (tertiary/aromatic N) is 4. The van der Waals surface area contributed by atoms with Crippen LogP contribution in [0.25, 0.3) is 0 Å². The van der Waals surface area contributed by atoms with E-state index in [1.54, 1.807) is 29.4 Å². The summed E-state index contributed by atoms with van der Waals surface area (Å²) in [5.74, 6) is -0.211. The molecule has 3 rings (SSSR count). The Morgan fingerprint density at radius 1 is 1.37 bits per heavy atom. The van der Waals surface area contributed by atoms with Crippen molar-refractivity contribution in [2.45, 2.75) is 33.7 Å². The van der Waals surface area contributed by atoms with Gasteiger partial charge in [-0.1, -0.05) is 0 Å². The molecule has 7 nitrogen and oxygen atoms in total. The lowest BCUT2D eigenvalue weighted by molar-refractivity contribution is -0.145. The number of amides is 1. The van der Waals surface area contributed by atoms with Crippen LogP contribution in [0.5, 0.6) is 0 Å². The number of ether oxygens (including phenoxy) is 1. The third-order valence-electron chi connectivity index (χ3n) is 5.17. The van der Waals surface area contributed by atoms with Gasteiger partial charge in [-0.2, -0.15) is 5.10 Å². The number of rotatable bonds is 7. The average molecular weight is 370 g/mol. The number of pyridine rings is 1. The summed E-state index contributed by atoms with van der Waals surface area (Å²) < 4.78 is 6.95. The zero-order chi connectivity index (χ0) is 19.6. The molecule has 7 heteroatoms. The SMILES string of the molecule is CCOC(=O)[C@@H]1C[C@@H]1CN(Cc1c(C)nn(C)c1C)C(=O)c1cccnc1. The van der Waals surface area contributed by atoms with Gasteiger partial charge in [0, 0.05) is 43.8 Å². The maximum Gasteiger partial charge on any atom is 0.309 e. The summed E-state index contributed by atoms with van der Waals surface area (Å²) in [6, 6.07) is 3.52. The van der Waals surface area contributed by atoms with Crippen molar-refractivity contribution in [1.82, 2.24) is 19.7 Å². The van der Waals surface area contributed by atoms with Gasteiger partial charge in [0.1, 0.15) is 0 Å². The van der Waals surface area contributed by atoms with E-state index in [4.69, 9.17) is 4.74 Å². The zero-order valence-corrected chi connectivity index (χ0v) is 16.3. The molecule has 1 saturated carbocycles. The average Bonchev–Trinajstić information content (AvgIpc) is 3.39. The van der Waals surface area contributed by atoms with Gasteiger partial charge in [0.15, 0.2) is 0 Å². The third-order valence-corrected chi connectivity index (χ3v) is 5.17. The van der Waals surface area contributed by atoms with E-state index >= 15 is 0 Å². The molecule has 0 radical (unpaired) electrons. The Bertz CT molecular complexity index is 831. The number of hydrogen-bond acceptors (Lipinski definition) is 5. The minimum Gasteiger partial charge on any atom is -0.466 e. The Morgan fingerprint density at radius 3 is 2.74 bits per heavy atom. The minimum atomic E-state index is -0.162. The first-order valence-electron chi connectivity index (χ1n) is 9.27. The largest absolute Gasteiger partial charge is 0.466 e. The summed E-state index contributed by atoms with van der Waals surface area (Å²) in [5.41, 5.74) is 3.54. The quantitative estimate of drug-likeness (QED) is 0.699. The molecule has 0 saturated heterocycles. The van der Waals surface area contributed by atoms with E-state index < -0.39 is 0 Å². The molecule has 0 unspecified atom stereocenters. The van der Waals surface area contributed by atoms with Crippen LogP contribution in [0.2, 0.25) is 0 Å². The Balaban J connectivity index is 1.79. The highest BCUT2D eigenvalue weighted by atomic mass is 16.5. The second-order valence-electron chi connectivity index (χ2n) is 7.05. The van der Waals surface area contributed by atoms with Gasteiger partial charge in [-0.15, -0.1) is 0 Å².